The molecule has 1 aromatic rings. The van der Waals surface area contributed by atoms with E-state index >= 15 is 0 Å². The SMILES string of the molecule is Cc1cc(I)cc(C)c1N=O. The average Bonchev–Trinajstić information content (AvgIpc) is 1.85. The first kappa shape index (κ1) is 8.64. The maximum absolute atomic E-state index is 10.3. The molecule has 0 bridgehead atoms. The Hall–Kier alpha value is -0.450. The largest absolute Gasteiger partial charge is 0.145 e. The summed E-state index contributed by atoms with van der Waals surface area (Å²) in [4.78, 5) is 10.3. The Balaban J connectivity index is 3.36. The van der Waals surface area contributed by atoms with Crippen molar-refractivity contribution in [3.63, 3.8) is 0 Å². The monoisotopic (exact) mass is 261 g/mol. The summed E-state index contributed by atoms with van der Waals surface area (Å²) in [5.41, 5.74) is 2.47. The van der Waals surface area contributed by atoms with Gasteiger partial charge in [0.05, 0.1) is 0 Å². The van der Waals surface area contributed by atoms with E-state index in [1.165, 1.54) is 0 Å². The van der Waals surface area contributed by atoms with E-state index in [9.17, 15) is 4.91 Å². The van der Waals surface area contributed by atoms with Crippen LogP contribution in [0.4, 0.5) is 5.69 Å². The predicted molar refractivity (Wildman–Crippen MR) is 54.1 cm³/mol. The molecule has 0 unspecified atom stereocenters. The number of hydrogen-bond acceptors (Lipinski definition) is 2. The van der Waals surface area contributed by atoms with Crippen LogP contribution in [0.1, 0.15) is 11.1 Å². The molecule has 0 spiro atoms. The maximum atomic E-state index is 10.3. The van der Waals surface area contributed by atoms with Gasteiger partial charge in [0.25, 0.3) is 0 Å². The van der Waals surface area contributed by atoms with Crippen molar-refractivity contribution in [2.45, 2.75) is 13.8 Å². The summed E-state index contributed by atoms with van der Waals surface area (Å²) in [6, 6.07) is 3.90. The highest BCUT2D eigenvalue weighted by atomic mass is 127. The highest BCUT2D eigenvalue weighted by Gasteiger charge is 2.02. The number of nitrogens with zero attached hydrogens (tertiary/aromatic N) is 1. The lowest BCUT2D eigenvalue weighted by molar-refractivity contribution is 1.31. The Morgan fingerprint density at radius 2 is 1.73 bits per heavy atom. The Labute approximate surface area is 79.1 Å². The van der Waals surface area contributed by atoms with E-state index in [-0.39, 0.29) is 0 Å². The van der Waals surface area contributed by atoms with Gasteiger partial charge >= 0.3 is 0 Å². The number of rotatable bonds is 1. The van der Waals surface area contributed by atoms with Crippen molar-refractivity contribution in [2.75, 3.05) is 0 Å². The van der Waals surface area contributed by atoms with Crippen molar-refractivity contribution in [3.05, 3.63) is 31.7 Å². The molecule has 0 N–H and O–H groups in total. The van der Waals surface area contributed by atoms with Gasteiger partial charge in [-0.3, -0.25) is 0 Å². The summed E-state index contributed by atoms with van der Waals surface area (Å²) >= 11 is 2.22. The molecule has 11 heavy (non-hydrogen) atoms. The molecule has 0 atom stereocenters. The quantitative estimate of drug-likeness (QED) is 0.563. The second kappa shape index (κ2) is 3.30. The minimum atomic E-state index is 0.574. The van der Waals surface area contributed by atoms with Crippen molar-refractivity contribution in [1.29, 1.82) is 0 Å². The Kier molecular flexibility index (Phi) is 2.59. The maximum Gasteiger partial charge on any atom is 0.113 e. The molecule has 3 heteroatoms. The van der Waals surface area contributed by atoms with Crippen molar-refractivity contribution < 1.29 is 0 Å². The third-order valence-electron chi connectivity index (χ3n) is 1.55. The van der Waals surface area contributed by atoms with E-state index in [0.29, 0.717) is 5.69 Å². The molecule has 0 radical (unpaired) electrons. The Morgan fingerprint density at radius 1 is 1.27 bits per heavy atom. The standard InChI is InChI=1S/C8H8INO/c1-5-3-7(9)4-6(2)8(5)10-11/h3-4H,1-2H3. The van der Waals surface area contributed by atoms with E-state index in [1.807, 2.05) is 26.0 Å². The molecule has 1 aromatic carbocycles. The summed E-state index contributed by atoms with van der Waals surface area (Å²) in [7, 11) is 0. The van der Waals surface area contributed by atoms with Crippen LogP contribution in [-0.4, -0.2) is 0 Å². The van der Waals surface area contributed by atoms with Crippen LogP contribution in [0.2, 0.25) is 0 Å². The smallest absolute Gasteiger partial charge is 0.113 e. The molecule has 1 rings (SSSR count). The van der Waals surface area contributed by atoms with Crippen LogP contribution in [0.25, 0.3) is 0 Å². The van der Waals surface area contributed by atoms with Gasteiger partial charge in [0.15, 0.2) is 0 Å². The zero-order valence-corrected chi connectivity index (χ0v) is 8.55. The van der Waals surface area contributed by atoms with Crippen molar-refractivity contribution in [1.82, 2.24) is 0 Å². The van der Waals surface area contributed by atoms with Gasteiger partial charge in [0.2, 0.25) is 0 Å². The lowest BCUT2D eigenvalue weighted by atomic mass is 10.1. The fraction of sp³-hybridized carbons (Fsp3) is 0.250. The molecule has 0 fully saturated rings. The molecule has 0 aliphatic carbocycles. The van der Waals surface area contributed by atoms with Crippen molar-refractivity contribution in [2.24, 2.45) is 5.18 Å². The van der Waals surface area contributed by atoms with E-state index in [1.54, 1.807) is 0 Å². The predicted octanol–water partition coefficient (Wildman–Crippen LogP) is 3.31. The minimum absolute atomic E-state index is 0.574. The third-order valence-corrected chi connectivity index (χ3v) is 2.17. The summed E-state index contributed by atoms with van der Waals surface area (Å²) in [5, 5.41) is 2.96. The highest BCUT2D eigenvalue weighted by molar-refractivity contribution is 14.1. The van der Waals surface area contributed by atoms with E-state index in [4.69, 9.17) is 0 Å². The molecular weight excluding hydrogens is 253 g/mol. The molecule has 0 heterocycles. The molecule has 0 aliphatic rings. The van der Waals surface area contributed by atoms with Crippen LogP contribution >= 0.6 is 22.6 Å². The first-order valence-corrected chi connectivity index (χ1v) is 4.33. The number of hydrogen-bond donors (Lipinski definition) is 0. The Morgan fingerprint density at radius 3 is 2.09 bits per heavy atom. The van der Waals surface area contributed by atoms with Gasteiger partial charge in [-0.25, -0.2) is 0 Å². The normalized spacial score (nSPS) is 9.73. The van der Waals surface area contributed by atoms with E-state index < -0.39 is 0 Å². The number of aryl methyl sites for hydroxylation is 2. The lowest BCUT2D eigenvalue weighted by Gasteiger charge is -2.01. The fourth-order valence-corrected chi connectivity index (χ4v) is 1.98. The van der Waals surface area contributed by atoms with Gasteiger partial charge in [-0.15, -0.1) is 4.91 Å². The van der Waals surface area contributed by atoms with Crippen molar-refractivity contribution >= 4 is 28.3 Å². The molecule has 0 aromatic heterocycles. The van der Waals surface area contributed by atoms with E-state index in [2.05, 4.69) is 27.8 Å². The first-order chi connectivity index (χ1) is 5.15. The number of benzene rings is 1. The first-order valence-electron chi connectivity index (χ1n) is 3.25. The molecule has 2 nitrogen and oxygen atoms in total. The van der Waals surface area contributed by atoms with Crippen LogP contribution < -0.4 is 0 Å². The minimum Gasteiger partial charge on any atom is -0.145 e. The molecule has 0 saturated carbocycles. The van der Waals surface area contributed by atoms with Gasteiger partial charge in [-0.05, 0) is 64.9 Å². The second-order valence-electron chi connectivity index (χ2n) is 2.48. The summed E-state index contributed by atoms with van der Waals surface area (Å²) < 4.78 is 1.14. The Bertz CT molecular complexity index is 273. The van der Waals surface area contributed by atoms with Crippen LogP contribution in [0.15, 0.2) is 17.3 Å². The zero-order valence-electron chi connectivity index (χ0n) is 6.39. The summed E-state index contributed by atoms with van der Waals surface area (Å²) in [5.74, 6) is 0. The molecule has 0 amide bonds. The van der Waals surface area contributed by atoms with Crippen LogP contribution in [0.5, 0.6) is 0 Å². The zero-order chi connectivity index (χ0) is 8.43. The molecule has 0 saturated heterocycles. The fourth-order valence-electron chi connectivity index (χ4n) is 1.05. The molecule has 58 valence electrons. The number of halogens is 1. The molecule has 0 aliphatic heterocycles. The van der Waals surface area contributed by atoms with Gasteiger partial charge < -0.3 is 0 Å². The van der Waals surface area contributed by atoms with Crippen LogP contribution in [0.3, 0.4) is 0 Å². The van der Waals surface area contributed by atoms with Crippen LogP contribution in [-0.2, 0) is 0 Å². The summed E-state index contributed by atoms with van der Waals surface area (Å²) in [6.07, 6.45) is 0. The topological polar surface area (TPSA) is 29.4 Å². The van der Waals surface area contributed by atoms with Crippen molar-refractivity contribution in [3.8, 4) is 0 Å². The van der Waals surface area contributed by atoms with Gasteiger partial charge in [-0.2, -0.15) is 0 Å². The second-order valence-corrected chi connectivity index (χ2v) is 3.73. The number of nitroso groups, excluding NO2 is 1. The highest BCUT2D eigenvalue weighted by Crippen LogP contribution is 2.25. The third kappa shape index (κ3) is 1.77. The molecular formula is C8H8INO. The van der Waals surface area contributed by atoms with E-state index in [0.717, 1.165) is 14.7 Å². The van der Waals surface area contributed by atoms with Gasteiger partial charge in [-0.1, -0.05) is 0 Å². The van der Waals surface area contributed by atoms with Crippen LogP contribution in [0, 0.1) is 22.3 Å². The van der Waals surface area contributed by atoms with Gasteiger partial charge in [0, 0.05) is 3.57 Å². The summed E-state index contributed by atoms with van der Waals surface area (Å²) in [6.45, 7) is 3.79. The van der Waals surface area contributed by atoms with Gasteiger partial charge in [0.1, 0.15) is 5.69 Å². The lowest BCUT2D eigenvalue weighted by Crippen LogP contribution is -1.81. The average molecular weight is 261 g/mol.